The molecule has 0 aliphatic carbocycles. The van der Waals surface area contributed by atoms with Crippen molar-refractivity contribution in [1.82, 2.24) is 9.88 Å². The Labute approximate surface area is 141 Å². The molecule has 1 amide bonds. The van der Waals surface area contributed by atoms with Crippen LogP contribution < -0.4 is 0 Å². The van der Waals surface area contributed by atoms with Crippen molar-refractivity contribution in [3.63, 3.8) is 0 Å². The lowest BCUT2D eigenvalue weighted by molar-refractivity contribution is -0.190. The first-order valence-corrected chi connectivity index (χ1v) is 8.64. The number of ether oxygens (including phenoxy) is 1. The molecule has 2 atom stereocenters. The van der Waals surface area contributed by atoms with Crippen LogP contribution in [0.15, 0.2) is 18.5 Å². The van der Waals surface area contributed by atoms with Crippen molar-refractivity contribution in [2.24, 2.45) is 5.92 Å². The highest BCUT2D eigenvalue weighted by molar-refractivity contribution is 5.94. The van der Waals surface area contributed by atoms with Gasteiger partial charge in [-0.3, -0.25) is 9.78 Å². The lowest BCUT2D eigenvalue weighted by atomic mass is 9.80. The van der Waals surface area contributed by atoms with E-state index in [1.165, 1.54) is 12.3 Å². The third-order valence-corrected chi connectivity index (χ3v) is 5.17. The van der Waals surface area contributed by atoms with Crippen LogP contribution in [0.5, 0.6) is 0 Å². The zero-order valence-corrected chi connectivity index (χ0v) is 14.2. The van der Waals surface area contributed by atoms with Crippen LogP contribution in [0.4, 0.5) is 4.39 Å². The standard InChI is InChI=1S/C18H25FN2O3/c1-12(2)16-8-15(22)9-18(24-16)3-5-21(6-4-18)17(23)13-7-14(19)11-20-10-13/h7,10-12,15-16,22H,3-6,8-9H2,1-2H3/t15-,16-/m1/s1. The smallest absolute Gasteiger partial charge is 0.255 e. The minimum absolute atomic E-state index is 0.0587. The number of amides is 1. The van der Waals surface area contributed by atoms with Gasteiger partial charge < -0.3 is 14.7 Å². The van der Waals surface area contributed by atoms with E-state index in [9.17, 15) is 14.3 Å². The highest BCUT2D eigenvalue weighted by atomic mass is 19.1. The number of aromatic nitrogens is 1. The average molecular weight is 336 g/mol. The first-order valence-electron chi connectivity index (χ1n) is 8.64. The summed E-state index contributed by atoms with van der Waals surface area (Å²) in [5.74, 6) is -0.351. The normalized spacial score (nSPS) is 26.8. The van der Waals surface area contributed by atoms with Gasteiger partial charge >= 0.3 is 0 Å². The summed E-state index contributed by atoms with van der Waals surface area (Å²) in [5.41, 5.74) is -0.0700. The van der Waals surface area contributed by atoms with Crippen molar-refractivity contribution in [3.8, 4) is 0 Å². The van der Waals surface area contributed by atoms with E-state index in [0.717, 1.165) is 6.20 Å². The minimum atomic E-state index is -0.507. The topological polar surface area (TPSA) is 62.7 Å². The molecule has 3 rings (SSSR count). The number of aliphatic hydroxyl groups excluding tert-OH is 1. The van der Waals surface area contributed by atoms with Gasteiger partial charge in [0, 0.05) is 25.7 Å². The van der Waals surface area contributed by atoms with Gasteiger partial charge in [-0.05, 0) is 31.2 Å². The summed E-state index contributed by atoms with van der Waals surface area (Å²) in [6, 6.07) is 1.22. The molecule has 0 unspecified atom stereocenters. The Morgan fingerprint density at radius 1 is 1.42 bits per heavy atom. The maximum absolute atomic E-state index is 13.3. The zero-order valence-electron chi connectivity index (χ0n) is 14.2. The van der Waals surface area contributed by atoms with Crippen LogP contribution in [-0.2, 0) is 4.74 Å². The number of likely N-dealkylation sites (tertiary alicyclic amines) is 1. The van der Waals surface area contributed by atoms with Gasteiger partial charge in [0.25, 0.3) is 5.91 Å². The SMILES string of the molecule is CC(C)[C@H]1C[C@@H](O)CC2(CCN(C(=O)c3cncc(F)c3)CC2)O1. The van der Waals surface area contributed by atoms with E-state index in [0.29, 0.717) is 44.7 Å². The number of nitrogens with zero attached hydrogens (tertiary/aromatic N) is 2. The van der Waals surface area contributed by atoms with Crippen LogP contribution >= 0.6 is 0 Å². The molecule has 1 aromatic rings. The Morgan fingerprint density at radius 3 is 2.75 bits per heavy atom. The number of pyridine rings is 1. The number of carbonyl (C=O) groups is 1. The zero-order chi connectivity index (χ0) is 17.3. The van der Waals surface area contributed by atoms with Gasteiger partial charge in [0.1, 0.15) is 5.82 Å². The number of hydrogen-bond acceptors (Lipinski definition) is 4. The molecule has 1 N–H and O–H groups in total. The summed E-state index contributed by atoms with van der Waals surface area (Å²) in [6.07, 6.45) is 4.89. The van der Waals surface area contributed by atoms with Gasteiger partial charge in [-0.15, -0.1) is 0 Å². The van der Waals surface area contributed by atoms with Gasteiger partial charge in [0.05, 0.1) is 29.6 Å². The fourth-order valence-electron chi connectivity index (χ4n) is 3.76. The largest absolute Gasteiger partial charge is 0.393 e. The maximum atomic E-state index is 13.3. The molecule has 0 radical (unpaired) electrons. The second-order valence-corrected chi connectivity index (χ2v) is 7.36. The molecule has 2 saturated heterocycles. The third-order valence-electron chi connectivity index (χ3n) is 5.17. The van der Waals surface area contributed by atoms with Gasteiger partial charge in [0.2, 0.25) is 0 Å². The van der Waals surface area contributed by atoms with E-state index in [-0.39, 0.29) is 29.3 Å². The fraction of sp³-hybridized carbons (Fsp3) is 0.667. The van der Waals surface area contributed by atoms with Crippen LogP contribution in [0, 0.1) is 11.7 Å². The van der Waals surface area contributed by atoms with E-state index >= 15 is 0 Å². The number of piperidine rings is 1. The summed E-state index contributed by atoms with van der Waals surface area (Å²) < 4.78 is 19.6. The van der Waals surface area contributed by atoms with Gasteiger partial charge in [-0.1, -0.05) is 13.8 Å². The third kappa shape index (κ3) is 3.59. The first-order chi connectivity index (χ1) is 11.4. The van der Waals surface area contributed by atoms with Gasteiger partial charge in [-0.2, -0.15) is 0 Å². The molecule has 24 heavy (non-hydrogen) atoms. The number of aliphatic hydroxyl groups is 1. The van der Waals surface area contributed by atoms with Crippen LogP contribution in [0.2, 0.25) is 0 Å². The Balaban J connectivity index is 1.65. The van der Waals surface area contributed by atoms with Crippen LogP contribution in [0.1, 0.15) is 49.9 Å². The monoisotopic (exact) mass is 336 g/mol. The summed E-state index contributed by atoms with van der Waals surface area (Å²) in [4.78, 5) is 18.0. The van der Waals surface area contributed by atoms with Crippen molar-refractivity contribution in [2.75, 3.05) is 13.1 Å². The molecule has 1 spiro atoms. The second-order valence-electron chi connectivity index (χ2n) is 7.36. The van der Waals surface area contributed by atoms with Gasteiger partial charge in [-0.25, -0.2) is 4.39 Å². The average Bonchev–Trinajstić information content (AvgIpc) is 2.54. The Kier molecular flexibility index (Phi) is 4.88. The Hall–Kier alpha value is -1.53. The molecule has 0 saturated carbocycles. The summed E-state index contributed by atoms with van der Waals surface area (Å²) in [5, 5.41) is 10.2. The van der Waals surface area contributed by atoms with Crippen molar-refractivity contribution in [2.45, 2.75) is 57.3 Å². The number of halogens is 1. The molecular weight excluding hydrogens is 311 g/mol. The minimum Gasteiger partial charge on any atom is -0.393 e. The van der Waals surface area contributed by atoms with Crippen LogP contribution in [-0.4, -0.2) is 51.8 Å². The molecule has 3 heterocycles. The molecule has 2 fully saturated rings. The fourth-order valence-corrected chi connectivity index (χ4v) is 3.76. The lowest BCUT2D eigenvalue weighted by Crippen LogP contribution is -2.54. The van der Waals surface area contributed by atoms with E-state index in [1.807, 2.05) is 0 Å². The molecular formula is C18H25FN2O3. The summed E-state index contributed by atoms with van der Waals surface area (Å²) in [6.45, 7) is 5.30. The van der Waals surface area contributed by atoms with Gasteiger partial charge in [0.15, 0.2) is 0 Å². The summed E-state index contributed by atoms with van der Waals surface area (Å²) >= 11 is 0. The lowest BCUT2D eigenvalue weighted by Gasteiger charge is -2.48. The molecule has 2 aliphatic heterocycles. The molecule has 2 aliphatic rings. The van der Waals surface area contributed by atoms with Crippen LogP contribution in [0.3, 0.4) is 0 Å². The van der Waals surface area contributed by atoms with Crippen molar-refractivity contribution in [1.29, 1.82) is 0 Å². The number of carbonyl (C=O) groups excluding carboxylic acids is 1. The summed E-state index contributed by atoms with van der Waals surface area (Å²) in [7, 11) is 0. The second kappa shape index (κ2) is 6.76. The van der Waals surface area contributed by atoms with Crippen molar-refractivity contribution in [3.05, 3.63) is 29.8 Å². The van der Waals surface area contributed by atoms with E-state index in [2.05, 4.69) is 18.8 Å². The Bertz CT molecular complexity index is 600. The molecule has 0 aromatic carbocycles. The molecule has 1 aromatic heterocycles. The highest BCUT2D eigenvalue weighted by Gasteiger charge is 2.44. The quantitative estimate of drug-likeness (QED) is 0.901. The maximum Gasteiger partial charge on any atom is 0.255 e. The van der Waals surface area contributed by atoms with E-state index in [4.69, 9.17) is 4.74 Å². The first kappa shape index (κ1) is 17.3. The van der Waals surface area contributed by atoms with Crippen LogP contribution in [0.25, 0.3) is 0 Å². The predicted molar refractivity (Wildman–Crippen MR) is 87.0 cm³/mol. The van der Waals surface area contributed by atoms with E-state index < -0.39 is 5.82 Å². The number of hydrogen-bond donors (Lipinski definition) is 1. The highest BCUT2D eigenvalue weighted by Crippen LogP contribution is 2.39. The molecule has 0 bridgehead atoms. The molecule has 132 valence electrons. The van der Waals surface area contributed by atoms with Crippen molar-refractivity contribution >= 4 is 5.91 Å². The predicted octanol–water partition coefficient (Wildman–Crippen LogP) is 2.39. The van der Waals surface area contributed by atoms with E-state index in [1.54, 1.807) is 4.90 Å². The molecule has 5 nitrogen and oxygen atoms in total. The van der Waals surface area contributed by atoms with Crippen molar-refractivity contribution < 1.29 is 19.0 Å². The number of rotatable bonds is 2. The Morgan fingerprint density at radius 2 is 2.12 bits per heavy atom. The molecule has 6 heteroatoms.